The third kappa shape index (κ3) is 4.92. The molecule has 1 N–H and O–H groups in total. The van der Waals surface area contributed by atoms with Gasteiger partial charge < -0.3 is 10.2 Å². The van der Waals surface area contributed by atoms with Crippen molar-refractivity contribution in [3.8, 4) is 0 Å². The van der Waals surface area contributed by atoms with Gasteiger partial charge in [0.2, 0.25) is 0 Å². The first-order chi connectivity index (χ1) is 13.5. The summed E-state index contributed by atoms with van der Waals surface area (Å²) in [7, 11) is 1.81. The molecular formula is C24H36N4. The Hall–Kier alpha value is -2.36. The molecule has 0 radical (unpaired) electrons. The molecule has 0 saturated carbocycles. The first kappa shape index (κ1) is 21.9. The van der Waals surface area contributed by atoms with Crippen LogP contribution in [-0.4, -0.2) is 37.1 Å². The van der Waals surface area contributed by atoms with E-state index in [0.717, 1.165) is 60.3 Å². The Morgan fingerprint density at radius 3 is 2.54 bits per heavy atom. The van der Waals surface area contributed by atoms with Gasteiger partial charge in [0.25, 0.3) is 0 Å². The van der Waals surface area contributed by atoms with Crippen LogP contribution in [0.4, 0.5) is 0 Å². The molecule has 2 rings (SSSR count). The zero-order chi connectivity index (χ0) is 20.7. The quantitative estimate of drug-likeness (QED) is 0.453. The Balaban J connectivity index is 2.29. The predicted octanol–water partition coefficient (Wildman–Crippen LogP) is 5.39. The Morgan fingerprint density at radius 1 is 1.25 bits per heavy atom. The molecule has 1 saturated heterocycles. The minimum atomic E-state index is 0.757. The maximum atomic E-state index is 4.87. The molecule has 4 nitrogen and oxygen atoms in total. The number of likely N-dealkylation sites (tertiary alicyclic amines) is 1. The van der Waals surface area contributed by atoms with Crippen LogP contribution in [0.2, 0.25) is 0 Å². The van der Waals surface area contributed by atoms with Crippen LogP contribution >= 0.6 is 0 Å². The Bertz CT molecular complexity index is 761. The lowest BCUT2D eigenvalue weighted by Crippen LogP contribution is -2.22. The molecule has 0 aromatic rings. The molecule has 4 heteroatoms. The lowest BCUT2D eigenvalue weighted by molar-refractivity contribution is 0.398. The maximum absolute atomic E-state index is 4.87. The molecule has 1 atom stereocenters. The average molecular weight is 381 g/mol. The summed E-state index contributed by atoms with van der Waals surface area (Å²) in [6.07, 6.45) is 10.3. The fraction of sp³-hybridized carbons (Fsp3) is 0.500. The second kappa shape index (κ2) is 10.3. The number of rotatable bonds is 8. The highest BCUT2D eigenvalue weighted by Gasteiger charge is 2.26. The van der Waals surface area contributed by atoms with Crippen molar-refractivity contribution >= 4 is 12.1 Å². The van der Waals surface area contributed by atoms with Crippen LogP contribution in [0.1, 0.15) is 53.4 Å². The van der Waals surface area contributed by atoms with Gasteiger partial charge in [0.1, 0.15) is 11.7 Å². The van der Waals surface area contributed by atoms with E-state index in [2.05, 4.69) is 61.3 Å². The zero-order valence-corrected chi connectivity index (χ0v) is 18.3. The molecule has 152 valence electrons. The van der Waals surface area contributed by atoms with Gasteiger partial charge in [0, 0.05) is 38.5 Å². The lowest BCUT2D eigenvalue weighted by Gasteiger charge is -2.18. The highest BCUT2D eigenvalue weighted by atomic mass is 15.2. The van der Waals surface area contributed by atoms with E-state index in [1.54, 1.807) is 7.05 Å². The third-order valence-electron chi connectivity index (χ3n) is 5.69. The molecule has 0 bridgehead atoms. The number of allylic oxidation sites excluding steroid dienone is 5. The Kier molecular flexibility index (Phi) is 8.04. The molecule has 1 fully saturated rings. The summed E-state index contributed by atoms with van der Waals surface area (Å²) in [5.41, 5.74) is 5.74. The van der Waals surface area contributed by atoms with Gasteiger partial charge in [-0.2, -0.15) is 0 Å². The largest absolute Gasteiger partial charge is 0.357 e. The standard InChI is InChI=1S/C24H36N4/c1-8-17(5)24-22(21(11-4)20(10-3)15-25-7)14-23(27-24)26-18(6)28-13-12-19(9-2)16-28/h10-11,15,19H,5-6,8-9,12-14,16H2,1-4,7H3,(H,26,27)/b20-10+,21-11-,25-15?/t19-/m0/s1. The van der Waals surface area contributed by atoms with Gasteiger partial charge in [-0.25, -0.2) is 4.99 Å². The van der Waals surface area contributed by atoms with E-state index in [9.17, 15) is 0 Å². The first-order valence-corrected chi connectivity index (χ1v) is 10.4. The van der Waals surface area contributed by atoms with E-state index >= 15 is 0 Å². The fourth-order valence-electron chi connectivity index (χ4n) is 3.88. The van der Waals surface area contributed by atoms with E-state index in [-0.39, 0.29) is 0 Å². The normalized spacial score (nSPS) is 22.5. The minimum absolute atomic E-state index is 0.757. The minimum Gasteiger partial charge on any atom is -0.357 e. The maximum Gasteiger partial charge on any atom is 0.123 e. The van der Waals surface area contributed by atoms with Crippen LogP contribution in [0.5, 0.6) is 0 Å². The summed E-state index contributed by atoms with van der Waals surface area (Å²) in [6, 6.07) is 0. The van der Waals surface area contributed by atoms with Crippen molar-refractivity contribution in [3.05, 3.63) is 59.1 Å². The topological polar surface area (TPSA) is 40.0 Å². The number of hydrogen-bond acceptors (Lipinski definition) is 3. The summed E-state index contributed by atoms with van der Waals surface area (Å²) < 4.78 is 0. The van der Waals surface area contributed by atoms with E-state index in [0.29, 0.717) is 0 Å². The lowest BCUT2D eigenvalue weighted by atomic mass is 9.93. The summed E-state index contributed by atoms with van der Waals surface area (Å²) in [5.74, 6) is 2.58. The van der Waals surface area contributed by atoms with Crippen LogP contribution in [0.3, 0.4) is 0 Å². The van der Waals surface area contributed by atoms with Crippen molar-refractivity contribution < 1.29 is 0 Å². The predicted molar refractivity (Wildman–Crippen MR) is 123 cm³/mol. The number of amidine groups is 1. The number of aliphatic imine (C=N–C) groups is 2. The molecular weight excluding hydrogens is 344 g/mol. The number of nitrogens with zero attached hydrogens (tertiary/aromatic N) is 3. The Labute approximate surface area is 171 Å². The van der Waals surface area contributed by atoms with E-state index in [1.165, 1.54) is 24.0 Å². The highest BCUT2D eigenvalue weighted by Crippen LogP contribution is 2.32. The van der Waals surface area contributed by atoms with Crippen molar-refractivity contribution in [1.82, 2.24) is 10.2 Å². The molecule has 0 unspecified atom stereocenters. The van der Waals surface area contributed by atoms with Crippen LogP contribution < -0.4 is 5.32 Å². The van der Waals surface area contributed by atoms with Crippen molar-refractivity contribution in [1.29, 1.82) is 0 Å². The van der Waals surface area contributed by atoms with E-state index in [1.807, 2.05) is 13.1 Å². The van der Waals surface area contributed by atoms with Crippen LogP contribution in [0, 0.1) is 5.92 Å². The van der Waals surface area contributed by atoms with Gasteiger partial charge in [-0.3, -0.25) is 4.99 Å². The van der Waals surface area contributed by atoms with Crippen molar-refractivity contribution in [3.63, 3.8) is 0 Å². The van der Waals surface area contributed by atoms with Gasteiger partial charge in [-0.1, -0.05) is 45.6 Å². The van der Waals surface area contributed by atoms with Gasteiger partial charge in [-0.15, -0.1) is 0 Å². The number of hydrogen-bond donors (Lipinski definition) is 1. The summed E-state index contributed by atoms with van der Waals surface area (Å²) in [4.78, 5) is 11.4. The molecule has 0 aliphatic carbocycles. The summed E-state index contributed by atoms with van der Waals surface area (Å²) in [5, 5.41) is 3.54. The van der Waals surface area contributed by atoms with Crippen molar-refractivity contribution in [2.75, 3.05) is 20.1 Å². The van der Waals surface area contributed by atoms with Crippen LogP contribution in [0.15, 0.2) is 69.1 Å². The summed E-state index contributed by atoms with van der Waals surface area (Å²) in [6.45, 7) is 19.2. The van der Waals surface area contributed by atoms with Crippen LogP contribution in [0.25, 0.3) is 0 Å². The van der Waals surface area contributed by atoms with Crippen molar-refractivity contribution in [2.24, 2.45) is 15.9 Å². The second-order valence-electron chi connectivity index (χ2n) is 7.43. The molecule has 2 heterocycles. The third-order valence-corrected chi connectivity index (χ3v) is 5.69. The SMILES string of the molecule is C=C(CC)C1=C(C(=C\C)/C(C=NC)=C/C)CC(=NC(=C)N2CC[C@H](CC)C2)N1. The van der Waals surface area contributed by atoms with Gasteiger partial charge in [0.15, 0.2) is 0 Å². The fourth-order valence-corrected chi connectivity index (χ4v) is 3.88. The molecule has 2 aliphatic rings. The molecule has 2 aliphatic heterocycles. The van der Waals surface area contributed by atoms with E-state index < -0.39 is 0 Å². The van der Waals surface area contributed by atoms with E-state index in [4.69, 9.17) is 4.99 Å². The van der Waals surface area contributed by atoms with Gasteiger partial charge in [0.05, 0.1) is 0 Å². The summed E-state index contributed by atoms with van der Waals surface area (Å²) >= 11 is 0. The second-order valence-corrected chi connectivity index (χ2v) is 7.43. The Morgan fingerprint density at radius 2 is 2.00 bits per heavy atom. The first-order valence-electron chi connectivity index (χ1n) is 10.4. The zero-order valence-electron chi connectivity index (χ0n) is 18.3. The average Bonchev–Trinajstić information content (AvgIpc) is 3.34. The van der Waals surface area contributed by atoms with Gasteiger partial charge in [-0.05, 0) is 54.9 Å². The smallest absolute Gasteiger partial charge is 0.123 e. The molecule has 0 aromatic heterocycles. The van der Waals surface area contributed by atoms with Gasteiger partial charge >= 0.3 is 0 Å². The van der Waals surface area contributed by atoms with Crippen LogP contribution in [-0.2, 0) is 0 Å². The molecule has 0 aromatic carbocycles. The monoisotopic (exact) mass is 380 g/mol. The molecule has 0 spiro atoms. The molecule has 0 amide bonds. The van der Waals surface area contributed by atoms with Crippen molar-refractivity contribution in [2.45, 2.75) is 53.4 Å². The highest BCUT2D eigenvalue weighted by molar-refractivity contribution is 5.95. The number of nitrogens with one attached hydrogen (secondary N) is 1. The molecule has 28 heavy (non-hydrogen) atoms.